The highest BCUT2D eigenvalue weighted by molar-refractivity contribution is 7.91. The highest BCUT2D eigenvalue weighted by Gasteiger charge is 2.37. The van der Waals surface area contributed by atoms with Crippen LogP contribution in [0.3, 0.4) is 0 Å². The molecule has 0 saturated carbocycles. The van der Waals surface area contributed by atoms with Crippen molar-refractivity contribution in [3.63, 3.8) is 0 Å². The SMILES string of the molecule is COc1ccc(C(=O)N(C[C@H]2CCCO2)[C@@H]2CCS(=O)(=O)C2)cc1[N+](=O)[O-]. The average molecular weight is 398 g/mol. The number of methoxy groups -OCH3 is 1. The lowest BCUT2D eigenvalue weighted by molar-refractivity contribution is -0.385. The normalized spacial score (nSPS) is 23.9. The summed E-state index contributed by atoms with van der Waals surface area (Å²) in [5.41, 5.74) is -0.177. The van der Waals surface area contributed by atoms with Crippen LogP contribution in [0.4, 0.5) is 5.69 Å². The number of carbonyl (C=O) groups excluding carboxylic acids is 1. The molecule has 0 unspecified atom stereocenters. The molecule has 0 aliphatic carbocycles. The second-order valence-corrected chi connectivity index (χ2v) is 9.02. The van der Waals surface area contributed by atoms with Crippen LogP contribution in [-0.2, 0) is 14.6 Å². The molecule has 2 saturated heterocycles. The number of sulfone groups is 1. The summed E-state index contributed by atoms with van der Waals surface area (Å²) < 4.78 is 34.4. The molecule has 0 bridgehead atoms. The van der Waals surface area contributed by atoms with Crippen molar-refractivity contribution in [1.29, 1.82) is 0 Å². The lowest BCUT2D eigenvalue weighted by Crippen LogP contribution is -2.45. The highest BCUT2D eigenvalue weighted by Crippen LogP contribution is 2.29. The average Bonchev–Trinajstić information content (AvgIpc) is 3.27. The van der Waals surface area contributed by atoms with Crippen molar-refractivity contribution in [2.75, 3.05) is 31.8 Å². The number of benzene rings is 1. The molecule has 1 amide bonds. The Morgan fingerprint density at radius 3 is 2.74 bits per heavy atom. The molecule has 10 heteroatoms. The summed E-state index contributed by atoms with van der Waals surface area (Å²) in [5.74, 6) is -0.427. The van der Waals surface area contributed by atoms with Crippen LogP contribution in [0.1, 0.15) is 29.6 Å². The lowest BCUT2D eigenvalue weighted by Gasteiger charge is -2.30. The smallest absolute Gasteiger partial charge is 0.311 e. The number of nitro groups is 1. The van der Waals surface area contributed by atoms with Gasteiger partial charge in [0.15, 0.2) is 15.6 Å². The Balaban J connectivity index is 1.90. The van der Waals surface area contributed by atoms with Crippen molar-refractivity contribution in [2.24, 2.45) is 0 Å². The Morgan fingerprint density at radius 2 is 2.19 bits per heavy atom. The minimum absolute atomic E-state index is 0.0374. The minimum atomic E-state index is -3.19. The maximum Gasteiger partial charge on any atom is 0.311 e. The molecule has 148 valence electrons. The zero-order valence-corrected chi connectivity index (χ0v) is 15.8. The van der Waals surface area contributed by atoms with Crippen LogP contribution in [0.5, 0.6) is 5.75 Å². The number of ether oxygens (including phenoxy) is 2. The predicted octanol–water partition coefficient (Wildman–Crippen LogP) is 1.41. The zero-order chi connectivity index (χ0) is 19.6. The van der Waals surface area contributed by atoms with Crippen molar-refractivity contribution in [2.45, 2.75) is 31.4 Å². The van der Waals surface area contributed by atoms with Gasteiger partial charge in [-0.1, -0.05) is 0 Å². The van der Waals surface area contributed by atoms with Crippen LogP contribution >= 0.6 is 0 Å². The molecule has 0 radical (unpaired) electrons. The third-order valence-corrected chi connectivity index (χ3v) is 6.71. The maximum atomic E-state index is 13.1. The molecule has 0 aromatic heterocycles. The number of hydrogen-bond donors (Lipinski definition) is 0. The van der Waals surface area contributed by atoms with E-state index >= 15 is 0 Å². The van der Waals surface area contributed by atoms with Crippen molar-refractivity contribution in [3.8, 4) is 5.75 Å². The molecule has 1 aromatic rings. The van der Waals surface area contributed by atoms with Crippen molar-refractivity contribution < 1.29 is 27.6 Å². The van der Waals surface area contributed by atoms with Gasteiger partial charge in [-0.05, 0) is 31.4 Å². The van der Waals surface area contributed by atoms with E-state index < -0.39 is 26.7 Å². The fourth-order valence-electron chi connectivity index (χ4n) is 3.56. The molecule has 2 heterocycles. The van der Waals surface area contributed by atoms with E-state index in [2.05, 4.69) is 0 Å². The summed E-state index contributed by atoms with van der Waals surface area (Å²) in [7, 11) is -1.87. The van der Waals surface area contributed by atoms with Crippen LogP contribution in [0.15, 0.2) is 18.2 Å². The quantitative estimate of drug-likeness (QED) is 0.525. The summed E-state index contributed by atoms with van der Waals surface area (Å²) in [4.78, 5) is 25.3. The third-order valence-electron chi connectivity index (χ3n) is 4.96. The Kier molecular flexibility index (Phi) is 5.66. The molecule has 9 nitrogen and oxygen atoms in total. The maximum absolute atomic E-state index is 13.1. The molecule has 0 spiro atoms. The zero-order valence-electron chi connectivity index (χ0n) is 15.0. The molecule has 0 N–H and O–H groups in total. The Morgan fingerprint density at radius 1 is 1.41 bits per heavy atom. The van der Waals surface area contributed by atoms with E-state index in [9.17, 15) is 23.3 Å². The fourth-order valence-corrected chi connectivity index (χ4v) is 5.29. The first-order valence-electron chi connectivity index (χ1n) is 8.76. The molecule has 1 aromatic carbocycles. The summed E-state index contributed by atoms with van der Waals surface area (Å²) in [6.07, 6.45) is 1.90. The first kappa shape index (κ1) is 19.6. The van der Waals surface area contributed by atoms with Gasteiger partial charge in [-0.2, -0.15) is 0 Å². The van der Waals surface area contributed by atoms with Crippen LogP contribution < -0.4 is 4.74 Å². The lowest BCUT2D eigenvalue weighted by atomic mass is 10.1. The van der Waals surface area contributed by atoms with E-state index in [1.54, 1.807) is 0 Å². The minimum Gasteiger partial charge on any atom is -0.490 e. The Hall–Kier alpha value is -2.20. The predicted molar refractivity (Wildman–Crippen MR) is 96.7 cm³/mol. The van der Waals surface area contributed by atoms with Gasteiger partial charge in [0.25, 0.3) is 5.91 Å². The van der Waals surface area contributed by atoms with Crippen LogP contribution in [-0.4, -0.2) is 68.1 Å². The Bertz CT molecular complexity index is 834. The van der Waals surface area contributed by atoms with E-state index in [1.165, 1.54) is 30.2 Å². The molecule has 2 aliphatic heterocycles. The van der Waals surface area contributed by atoms with Gasteiger partial charge in [0.05, 0.1) is 29.6 Å². The monoisotopic (exact) mass is 398 g/mol. The summed E-state index contributed by atoms with van der Waals surface area (Å²) >= 11 is 0. The van der Waals surface area contributed by atoms with Crippen molar-refractivity contribution in [1.82, 2.24) is 4.90 Å². The van der Waals surface area contributed by atoms with Gasteiger partial charge in [0.1, 0.15) is 0 Å². The largest absolute Gasteiger partial charge is 0.490 e. The van der Waals surface area contributed by atoms with Gasteiger partial charge < -0.3 is 14.4 Å². The second kappa shape index (κ2) is 7.81. The van der Waals surface area contributed by atoms with Crippen LogP contribution in [0.2, 0.25) is 0 Å². The molecule has 27 heavy (non-hydrogen) atoms. The van der Waals surface area contributed by atoms with Gasteiger partial charge in [-0.25, -0.2) is 8.42 Å². The van der Waals surface area contributed by atoms with E-state index in [-0.39, 0.29) is 41.2 Å². The van der Waals surface area contributed by atoms with Crippen molar-refractivity contribution in [3.05, 3.63) is 33.9 Å². The molecule has 2 aliphatic rings. The fraction of sp³-hybridized carbons (Fsp3) is 0.588. The van der Waals surface area contributed by atoms with Gasteiger partial charge in [0, 0.05) is 30.8 Å². The standard InChI is InChI=1S/C17H22N2O7S/c1-25-16-5-4-12(9-15(16)19(21)22)17(20)18(10-14-3-2-7-26-14)13-6-8-27(23,24)11-13/h4-5,9,13-14H,2-3,6-8,10-11H2,1H3/t13-,14-/m1/s1. The van der Waals surface area contributed by atoms with E-state index in [0.717, 1.165) is 12.8 Å². The summed E-state index contributed by atoms with van der Waals surface area (Å²) in [5, 5.41) is 11.2. The van der Waals surface area contributed by atoms with Gasteiger partial charge in [-0.3, -0.25) is 14.9 Å². The number of hydrogen-bond acceptors (Lipinski definition) is 7. The summed E-state index contributed by atoms with van der Waals surface area (Å²) in [6, 6.07) is 3.56. The van der Waals surface area contributed by atoms with Crippen LogP contribution in [0, 0.1) is 10.1 Å². The van der Waals surface area contributed by atoms with E-state index in [1.807, 2.05) is 0 Å². The molecular formula is C17H22N2O7S. The van der Waals surface area contributed by atoms with E-state index in [0.29, 0.717) is 13.0 Å². The first-order chi connectivity index (χ1) is 12.8. The molecule has 2 atom stereocenters. The van der Waals surface area contributed by atoms with Crippen molar-refractivity contribution >= 4 is 21.4 Å². The molecular weight excluding hydrogens is 376 g/mol. The molecule has 3 rings (SSSR count). The second-order valence-electron chi connectivity index (χ2n) is 6.79. The number of rotatable bonds is 6. The van der Waals surface area contributed by atoms with Gasteiger partial charge in [0.2, 0.25) is 0 Å². The number of carbonyl (C=O) groups is 1. The topological polar surface area (TPSA) is 116 Å². The number of amides is 1. The third kappa shape index (κ3) is 4.38. The number of nitro benzene ring substituents is 1. The molecule has 2 fully saturated rings. The Labute approximate surface area is 157 Å². The van der Waals surface area contributed by atoms with E-state index in [4.69, 9.17) is 9.47 Å². The van der Waals surface area contributed by atoms with Crippen LogP contribution in [0.25, 0.3) is 0 Å². The number of nitrogens with zero attached hydrogens (tertiary/aromatic N) is 2. The first-order valence-corrected chi connectivity index (χ1v) is 10.6. The summed E-state index contributed by atoms with van der Waals surface area (Å²) in [6.45, 7) is 0.891. The van der Waals surface area contributed by atoms with Gasteiger partial charge in [-0.15, -0.1) is 0 Å². The highest BCUT2D eigenvalue weighted by atomic mass is 32.2. The van der Waals surface area contributed by atoms with Gasteiger partial charge >= 0.3 is 5.69 Å².